The molecule has 1 unspecified atom stereocenters. The van der Waals surface area contributed by atoms with Crippen molar-refractivity contribution in [2.75, 3.05) is 18.9 Å². The lowest BCUT2D eigenvalue weighted by Crippen LogP contribution is -2.43. The van der Waals surface area contributed by atoms with Gasteiger partial charge in [-0.25, -0.2) is 4.79 Å². The summed E-state index contributed by atoms with van der Waals surface area (Å²) in [7, 11) is 1.88. The zero-order valence-corrected chi connectivity index (χ0v) is 13.4. The summed E-state index contributed by atoms with van der Waals surface area (Å²) in [4.78, 5) is 14.0. The fourth-order valence-electron chi connectivity index (χ4n) is 2.52. The molecular formula is C17H27N3O. The van der Waals surface area contributed by atoms with Crippen molar-refractivity contribution >= 4 is 11.7 Å². The Morgan fingerprint density at radius 3 is 2.81 bits per heavy atom. The average molecular weight is 289 g/mol. The molecule has 0 aliphatic heterocycles. The summed E-state index contributed by atoms with van der Waals surface area (Å²) in [5.74, 6) is 0. The van der Waals surface area contributed by atoms with Gasteiger partial charge in [-0.2, -0.15) is 0 Å². The van der Waals surface area contributed by atoms with Crippen molar-refractivity contribution in [1.82, 2.24) is 10.2 Å². The van der Waals surface area contributed by atoms with Gasteiger partial charge < -0.3 is 15.5 Å². The quantitative estimate of drug-likeness (QED) is 0.837. The van der Waals surface area contributed by atoms with E-state index >= 15 is 0 Å². The van der Waals surface area contributed by atoms with Crippen LogP contribution in [0.15, 0.2) is 24.3 Å². The van der Waals surface area contributed by atoms with Gasteiger partial charge in [0.2, 0.25) is 0 Å². The van der Waals surface area contributed by atoms with Crippen LogP contribution in [0.3, 0.4) is 0 Å². The van der Waals surface area contributed by atoms with Gasteiger partial charge in [0.05, 0.1) is 0 Å². The molecule has 0 bridgehead atoms. The van der Waals surface area contributed by atoms with Gasteiger partial charge >= 0.3 is 6.03 Å². The third kappa shape index (κ3) is 4.21. The lowest BCUT2D eigenvalue weighted by molar-refractivity contribution is 0.169. The summed E-state index contributed by atoms with van der Waals surface area (Å²) in [5, 5.41) is 6.47. The number of hydrogen-bond donors (Lipinski definition) is 2. The van der Waals surface area contributed by atoms with E-state index in [4.69, 9.17) is 0 Å². The van der Waals surface area contributed by atoms with E-state index in [9.17, 15) is 4.79 Å². The molecule has 1 atom stereocenters. The molecule has 1 aromatic rings. The summed E-state index contributed by atoms with van der Waals surface area (Å²) in [6.45, 7) is 5.31. The third-order valence-corrected chi connectivity index (χ3v) is 4.28. The summed E-state index contributed by atoms with van der Waals surface area (Å²) in [5.41, 5.74) is 2.07. The molecular weight excluding hydrogens is 262 g/mol. The molecule has 1 fully saturated rings. The van der Waals surface area contributed by atoms with E-state index in [0.29, 0.717) is 12.1 Å². The van der Waals surface area contributed by atoms with E-state index in [1.165, 1.54) is 12.0 Å². The minimum Gasteiger partial charge on any atom is -0.325 e. The highest BCUT2D eigenvalue weighted by atomic mass is 16.2. The topological polar surface area (TPSA) is 44.4 Å². The molecule has 1 saturated carbocycles. The number of nitrogens with one attached hydrogen (secondary N) is 2. The van der Waals surface area contributed by atoms with Gasteiger partial charge in [-0.15, -0.1) is 0 Å². The maximum Gasteiger partial charge on any atom is 0.321 e. The predicted molar refractivity (Wildman–Crippen MR) is 87.6 cm³/mol. The van der Waals surface area contributed by atoms with Gasteiger partial charge in [0.25, 0.3) is 0 Å². The Hall–Kier alpha value is -1.55. The highest BCUT2D eigenvalue weighted by molar-refractivity contribution is 5.89. The van der Waals surface area contributed by atoms with E-state index in [0.717, 1.165) is 31.5 Å². The Bertz CT molecular complexity index is 471. The van der Waals surface area contributed by atoms with Crippen molar-refractivity contribution < 1.29 is 4.79 Å². The van der Waals surface area contributed by atoms with Crippen LogP contribution in [0.1, 0.15) is 51.1 Å². The van der Waals surface area contributed by atoms with E-state index in [-0.39, 0.29) is 6.03 Å². The molecule has 2 rings (SSSR count). The zero-order valence-electron chi connectivity index (χ0n) is 13.4. The van der Waals surface area contributed by atoms with Crippen LogP contribution in [0.2, 0.25) is 0 Å². The maximum atomic E-state index is 12.2. The number of amides is 2. The number of hydrogen-bond acceptors (Lipinski definition) is 2. The van der Waals surface area contributed by atoms with E-state index in [1.54, 1.807) is 0 Å². The van der Waals surface area contributed by atoms with Crippen LogP contribution in [0.4, 0.5) is 10.5 Å². The van der Waals surface area contributed by atoms with Crippen molar-refractivity contribution in [3.05, 3.63) is 29.8 Å². The van der Waals surface area contributed by atoms with Crippen molar-refractivity contribution in [1.29, 1.82) is 0 Å². The number of carbonyl (C=O) groups is 1. The number of urea groups is 1. The van der Waals surface area contributed by atoms with E-state index < -0.39 is 0 Å². The van der Waals surface area contributed by atoms with Gasteiger partial charge in [-0.1, -0.05) is 19.1 Å². The van der Waals surface area contributed by atoms with Crippen molar-refractivity contribution in [2.45, 2.75) is 51.6 Å². The van der Waals surface area contributed by atoms with Crippen molar-refractivity contribution in [3.8, 4) is 0 Å². The standard InChI is InChI=1S/C17H27N3O/c1-4-11-18-13(2)14-7-5-8-15(12-14)19-17(21)20(3)16-9-6-10-16/h5,7-8,12-13,16,18H,4,6,9-11H2,1-3H3,(H,19,21). The van der Waals surface area contributed by atoms with Crippen molar-refractivity contribution in [3.63, 3.8) is 0 Å². The summed E-state index contributed by atoms with van der Waals surface area (Å²) in [6.07, 6.45) is 4.61. The monoisotopic (exact) mass is 289 g/mol. The molecule has 21 heavy (non-hydrogen) atoms. The lowest BCUT2D eigenvalue weighted by Gasteiger charge is -2.34. The van der Waals surface area contributed by atoms with Crippen LogP contribution >= 0.6 is 0 Å². The predicted octanol–water partition coefficient (Wildman–Crippen LogP) is 3.76. The fourth-order valence-corrected chi connectivity index (χ4v) is 2.52. The van der Waals surface area contributed by atoms with Gasteiger partial charge in [-0.05, 0) is 56.8 Å². The molecule has 1 aromatic carbocycles. The molecule has 4 nitrogen and oxygen atoms in total. The van der Waals surface area contributed by atoms with Gasteiger partial charge in [0.1, 0.15) is 0 Å². The molecule has 1 aliphatic rings. The second-order valence-electron chi connectivity index (χ2n) is 5.93. The number of benzene rings is 1. The van der Waals surface area contributed by atoms with Crippen LogP contribution in [0.5, 0.6) is 0 Å². The highest BCUT2D eigenvalue weighted by Crippen LogP contribution is 2.24. The lowest BCUT2D eigenvalue weighted by atomic mass is 9.92. The fraction of sp³-hybridized carbons (Fsp3) is 0.588. The van der Waals surface area contributed by atoms with Crippen LogP contribution in [0, 0.1) is 0 Å². The first-order valence-electron chi connectivity index (χ1n) is 7.99. The Labute approximate surface area is 127 Å². The van der Waals surface area contributed by atoms with Crippen molar-refractivity contribution in [2.24, 2.45) is 0 Å². The average Bonchev–Trinajstić information content (AvgIpc) is 2.43. The third-order valence-electron chi connectivity index (χ3n) is 4.28. The molecule has 2 amide bonds. The minimum absolute atomic E-state index is 0.00831. The number of nitrogens with zero attached hydrogens (tertiary/aromatic N) is 1. The zero-order chi connectivity index (χ0) is 15.2. The number of anilines is 1. The molecule has 116 valence electrons. The molecule has 2 N–H and O–H groups in total. The summed E-state index contributed by atoms with van der Waals surface area (Å²) >= 11 is 0. The van der Waals surface area contributed by atoms with Gasteiger partial charge in [0, 0.05) is 24.8 Å². The normalized spacial score (nSPS) is 16.1. The van der Waals surface area contributed by atoms with Crippen LogP contribution in [-0.2, 0) is 0 Å². The Kier molecular flexibility index (Phi) is 5.62. The second kappa shape index (κ2) is 7.46. The number of rotatable bonds is 6. The van der Waals surface area contributed by atoms with E-state index in [1.807, 2.05) is 24.1 Å². The first kappa shape index (κ1) is 15.8. The largest absolute Gasteiger partial charge is 0.325 e. The summed E-state index contributed by atoms with van der Waals surface area (Å²) in [6, 6.07) is 8.80. The molecule has 0 radical (unpaired) electrons. The number of carbonyl (C=O) groups excluding carboxylic acids is 1. The highest BCUT2D eigenvalue weighted by Gasteiger charge is 2.25. The smallest absolute Gasteiger partial charge is 0.321 e. The van der Waals surface area contributed by atoms with Crippen LogP contribution in [-0.4, -0.2) is 30.6 Å². The second-order valence-corrected chi connectivity index (χ2v) is 5.93. The van der Waals surface area contributed by atoms with Gasteiger partial charge in [0.15, 0.2) is 0 Å². The molecule has 0 heterocycles. The first-order valence-corrected chi connectivity index (χ1v) is 7.99. The minimum atomic E-state index is -0.00831. The molecule has 4 heteroatoms. The Morgan fingerprint density at radius 2 is 2.19 bits per heavy atom. The van der Waals surface area contributed by atoms with Gasteiger partial charge in [-0.3, -0.25) is 0 Å². The molecule has 0 saturated heterocycles. The maximum absolute atomic E-state index is 12.2. The Balaban J connectivity index is 1.95. The SMILES string of the molecule is CCCNC(C)c1cccc(NC(=O)N(C)C2CCC2)c1. The first-order chi connectivity index (χ1) is 10.1. The van der Waals surface area contributed by atoms with E-state index in [2.05, 4.69) is 36.6 Å². The summed E-state index contributed by atoms with van der Waals surface area (Å²) < 4.78 is 0. The molecule has 0 spiro atoms. The van der Waals surface area contributed by atoms with Crippen LogP contribution in [0.25, 0.3) is 0 Å². The molecule has 0 aromatic heterocycles. The van der Waals surface area contributed by atoms with Crippen LogP contribution < -0.4 is 10.6 Å². The Morgan fingerprint density at radius 1 is 1.43 bits per heavy atom. The molecule has 1 aliphatic carbocycles.